The molecule has 0 spiro atoms. The summed E-state index contributed by atoms with van der Waals surface area (Å²) in [6.07, 6.45) is 0.760. The van der Waals surface area contributed by atoms with Crippen molar-refractivity contribution in [3.63, 3.8) is 0 Å². The van der Waals surface area contributed by atoms with Gasteiger partial charge < -0.3 is 5.11 Å². The van der Waals surface area contributed by atoms with Crippen molar-refractivity contribution < 1.29 is 14.7 Å². The van der Waals surface area contributed by atoms with Crippen LogP contribution < -0.4 is 0 Å². The summed E-state index contributed by atoms with van der Waals surface area (Å²) in [4.78, 5) is 23.2. The molecule has 0 aliphatic heterocycles. The maximum absolute atomic E-state index is 11.9. The number of ketones is 2. The zero-order chi connectivity index (χ0) is 11.1. The number of carbonyl (C=O) groups excluding carboxylic acids is 2. The molecule has 15 heavy (non-hydrogen) atoms. The molecule has 0 radical (unpaired) electrons. The van der Waals surface area contributed by atoms with Gasteiger partial charge in [0.1, 0.15) is 0 Å². The van der Waals surface area contributed by atoms with E-state index < -0.39 is 17.2 Å². The SMILES string of the molecule is CC(=O)C1(O)CCc2ccccc2C1=O. The average molecular weight is 204 g/mol. The molecule has 1 unspecified atom stereocenters. The van der Waals surface area contributed by atoms with Gasteiger partial charge in [0.2, 0.25) is 5.78 Å². The van der Waals surface area contributed by atoms with Crippen molar-refractivity contribution >= 4 is 11.6 Å². The fraction of sp³-hybridized carbons (Fsp3) is 0.333. The lowest BCUT2D eigenvalue weighted by Gasteiger charge is -2.29. The van der Waals surface area contributed by atoms with E-state index in [9.17, 15) is 14.7 Å². The predicted octanol–water partition coefficient (Wildman–Crippen LogP) is 1.14. The van der Waals surface area contributed by atoms with Gasteiger partial charge in [-0.25, -0.2) is 0 Å². The zero-order valence-corrected chi connectivity index (χ0v) is 8.49. The summed E-state index contributed by atoms with van der Waals surface area (Å²) in [5.41, 5.74) is -0.413. The highest BCUT2D eigenvalue weighted by molar-refractivity contribution is 6.18. The van der Waals surface area contributed by atoms with Crippen LogP contribution >= 0.6 is 0 Å². The molecule has 1 aliphatic rings. The van der Waals surface area contributed by atoms with Crippen LogP contribution in [-0.4, -0.2) is 22.3 Å². The molecule has 0 fully saturated rings. The van der Waals surface area contributed by atoms with Crippen molar-refractivity contribution in [1.29, 1.82) is 0 Å². The Balaban J connectivity index is 2.51. The Morgan fingerprint density at radius 3 is 2.73 bits per heavy atom. The largest absolute Gasteiger partial charge is 0.374 e. The molecule has 78 valence electrons. The van der Waals surface area contributed by atoms with Gasteiger partial charge in [-0.1, -0.05) is 24.3 Å². The molecule has 1 N–H and O–H groups in total. The summed E-state index contributed by atoms with van der Waals surface area (Å²) >= 11 is 0. The summed E-state index contributed by atoms with van der Waals surface area (Å²) in [5.74, 6) is -0.932. The molecule has 1 atom stereocenters. The summed E-state index contributed by atoms with van der Waals surface area (Å²) in [6.45, 7) is 1.26. The fourth-order valence-corrected chi connectivity index (χ4v) is 1.95. The van der Waals surface area contributed by atoms with E-state index in [0.29, 0.717) is 12.0 Å². The monoisotopic (exact) mass is 204 g/mol. The van der Waals surface area contributed by atoms with Gasteiger partial charge in [0.25, 0.3) is 0 Å². The first-order chi connectivity index (χ1) is 7.05. The van der Waals surface area contributed by atoms with E-state index in [4.69, 9.17) is 0 Å². The first-order valence-electron chi connectivity index (χ1n) is 4.92. The van der Waals surface area contributed by atoms with Crippen LogP contribution in [0.15, 0.2) is 24.3 Å². The smallest absolute Gasteiger partial charge is 0.202 e. The topological polar surface area (TPSA) is 54.4 Å². The van der Waals surface area contributed by atoms with Crippen molar-refractivity contribution in [3.8, 4) is 0 Å². The summed E-state index contributed by atoms with van der Waals surface area (Å²) in [5, 5.41) is 9.96. The van der Waals surface area contributed by atoms with E-state index in [1.807, 2.05) is 12.1 Å². The molecule has 3 nitrogen and oxygen atoms in total. The molecule has 0 amide bonds. The van der Waals surface area contributed by atoms with Crippen molar-refractivity contribution in [3.05, 3.63) is 35.4 Å². The summed E-state index contributed by atoms with van der Waals surface area (Å²) in [7, 11) is 0. The minimum atomic E-state index is -1.80. The third-order valence-corrected chi connectivity index (χ3v) is 2.98. The Morgan fingerprint density at radius 2 is 2.07 bits per heavy atom. The molecule has 0 aromatic heterocycles. The second kappa shape index (κ2) is 3.28. The maximum atomic E-state index is 11.9. The lowest BCUT2D eigenvalue weighted by Crippen LogP contribution is -2.48. The van der Waals surface area contributed by atoms with Gasteiger partial charge in [0, 0.05) is 5.56 Å². The summed E-state index contributed by atoms with van der Waals surface area (Å²) < 4.78 is 0. The second-order valence-electron chi connectivity index (χ2n) is 3.90. The Hall–Kier alpha value is -1.48. The van der Waals surface area contributed by atoms with E-state index in [-0.39, 0.29) is 6.42 Å². The number of hydrogen-bond acceptors (Lipinski definition) is 3. The van der Waals surface area contributed by atoms with Gasteiger partial charge in [-0.2, -0.15) is 0 Å². The van der Waals surface area contributed by atoms with Crippen LogP contribution in [0.5, 0.6) is 0 Å². The van der Waals surface area contributed by atoms with E-state index in [0.717, 1.165) is 5.56 Å². The third kappa shape index (κ3) is 1.39. The Morgan fingerprint density at radius 1 is 1.40 bits per heavy atom. The molecular formula is C12H12O3. The van der Waals surface area contributed by atoms with E-state index >= 15 is 0 Å². The number of Topliss-reactive ketones (excluding diaryl/α,β-unsaturated/α-hetero) is 2. The molecule has 3 heteroatoms. The number of benzene rings is 1. The van der Waals surface area contributed by atoms with Gasteiger partial charge >= 0.3 is 0 Å². The van der Waals surface area contributed by atoms with Crippen molar-refractivity contribution in [2.45, 2.75) is 25.4 Å². The number of fused-ring (bicyclic) bond motifs is 1. The number of hydrogen-bond donors (Lipinski definition) is 1. The van der Waals surface area contributed by atoms with Crippen molar-refractivity contribution in [2.24, 2.45) is 0 Å². The number of carbonyl (C=O) groups is 2. The first kappa shape index (κ1) is 10.1. The van der Waals surface area contributed by atoms with Crippen LogP contribution in [0.25, 0.3) is 0 Å². The van der Waals surface area contributed by atoms with Crippen molar-refractivity contribution in [2.75, 3.05) is 0 Å². The minimum Gasteiger partial charge on any atom is -0.374 e. The van der Waals surface area contributed by atoms with Crippen LogP contribution in [0.3, 0.4) is 0 Å². The molecule has 1 aliphatic carbocycles. The van der Waals surface area contributed by atoms with Gasteiger partial charge in [-0.05, 0) is 25.3 Å². The maximum Gasteiger partial charge on any atom is 0.202 e. The Bertz CT molecular complexity index is 436. The molecule has 0 saturated carbocycles. The lowest BCUT2D eigenvalue weighted by atomic mass is 9.77. The van der Waals surface area contributed by atoms with Gasteiger partial charge in [0.05, 0.1) is 0 Å². The molecule has 0 saturated heterocycles. The summed E-state index contributed by atoms with van der Waals surface area (Å²) in [6, 6.07) is 7.10. The number of aryl methyl sites for hydroxylation is 1. The first-order valence-corrected chi connectivity index (χ1v) is 4.92. The second-order valence-corrected chi connectivity index (χ2v) is 3.90. The number of rotatable bonds is 1. The highest BCUT2D eigenvalue weighted by Gasteiger charge is 2.44. The van der Waals surface area contributed by atoms with E-state index in [1.165, 1.54) is 6.92 Å². The molecule has 1 aromatic rings. The van der Waals surface area contributed by atoms with Crippen LogP contribution in [0.4, 0.5) is 0 Å². The van der Waals surface area contributed by atoms with Gasteiger partial charge in [0.15, 0.2) is 11.4 Å². The highest BCUT2D eigenvalue weighted by atomic mass is 16.3. The molecule has 1 aromatic carbocycles. The molecule has 0 bridgehead atoms. The van der Waals surface area contributed by atoms with Crippen molar-refractivity contribution in [1.82, 2.24) is 0 Å². The van der Waals surface area contributed by atoms with Gasteiger partial charge in [-0.15, -0.1) is 0 Å². The average Bonchev–Trinajstić information content (AvgIpc) is 2.24. The van der Waals surface area contributed by atoms with Crippen LogP contribution in [0.2, 0.25) is 0 Å². The Kier molecular flexibility index (Phi) is 2.20. The quantitative estimate of drug-likeness (QED) is 0.698. The standard InChI is InChI=1S/C12H12O3/c1-8(13)12(15)7-6-9-4-2-3-5-10(9)11(12)14/h2-5,15H,6-7H2,1H3. The van der Waals surface area contributed by atoms with Gasteiger partial charge in [-0.3, -0.25) is 9.59 Å². The lowest BCUT2D eigenvalue weighted by molar-refractivity contribution is -0.131. The third-order valence-electron chi connectivity index (χ3n) is 2.98. The molecule has 2 rings (SSSR count). The predicted molar refractivity (Wildman–Crippen MR) is 54.7 cm³/mol. The van der Waals surface area contributed by atoms with Crippen LogP contribution in [-0.2, 0) is 11.2 Å². The molecule has 0 heterocycles. The Labute approximate surface area is 87.7 Å². The minimum absolute atomic E-state index is 0.193. The zero-order valence-electron chi connectivity index (χ0n) is 8.49. The highest BCUT2D eigenvalue weighted by Crippen LogP contribution is 2.29. The molecular weight excluding hydrogens is 192 g/mol. The normalized spacial score (nSPS) is 24.8. The van der Waals surface area contributed by atoms with E-state index in [2.05, 4.69) is 0 Å². The van der Waals surface area contributed by atoms with Crippen LogP contribution in [0, 0.1) is 0 Å². The fourth-order valence-electron chi connectivity index (χ4n) is 1.95. The van der Waals surface area contributed by atoms with E-state index in [1.54, 1.807) is 12.1 Å². The number of aliphatic hydroxyl groups is 1. The van der Waals surface area contributed by atoms with Crippen LogP contribution in [0.1, 0.15) is 29.3 Å².